The van der Waals surface area contributed by atoms with Gasteiger partial charge in [0.2, 0.25) is 5.91 Å². The molecule has 1 aromatic carbocycles. The first-order valence-electron chi connectivity index (χ1n) is 8.29. The topological polar surface area (TPSA) is 72.9 Å². The van der Waals surface area contributed by atoms with E-state index in [0.29, 0.717) is 13.1 Å². The third-order valence-electron chi connectivity index (χ3n) is 4.65. The first kappa shape index (κ1) is 18.5. The lowest BCUT2D eigenvalue weighted by Gasteiger charge is -2.31. The number of hydrogen-bond acceptors (Lipinski definition) is 3. The number of carbonyl (C=O) groups is 1. The number of nitrogens with zero attached hydrogens (tertiary/aromatic N) is 2. The van der Waals surface area contributed by atoms with E-state index < -0.39 is 5.54 Å². The predicted octanol–water partition coefficient (Wildman–Crippen LogP) is 2.63. The van der Waals surface area contributed by atoms with Crippen molar-refractivity contribution in [1.29, 1.82) is 0 Å². The van der Waals surface area contributed by atoms with Crippen molar-refractivity contribution in [3.8, 4) is 0 Å². The molecule has 24 heavy (non-hydrogen) atoms. The maximum absolute atomic E-state index is 12.5. The molecule has 1 saturated carbocycles. The van der Waals surface area contributed by atoms with E-state index in [-0.39, 0.29) is 18.3 Å². The van der Waals surface area contributed by atoms with Crippen LogP contribution in [0.15, 0.2) is 42.7 Å². The third-order valence-corrected chi connectivity index (χ3v) is 4.65. The maximum atomic E-state index is 12.5. The highest BCUT2D eigenvalue weighted by Gasteiger charge is 2.34. The molecule has 0 spiro atoms. The van der Waals surface area contributed by atoms with Crippen LogP contribution in [0.3, 0.4) is 0 Å². The molecule has 3 rings (SSSR count). The molecule has 1 aliphatic carbocycles. The minimum absolute atomic E-state index is 0. The summed E-state index contributed by atoms with van der Waals surface area (Å²) in [6.07, 6.45) is 8.54. The van der Waals surface area contributed by atoms with Crippen LogP contribution in [0, 0.1) is 0 Å². The molecule has 0 unspecified atom stereocenters. The Labute approximate surface area is 149 Å². The summed E-state index contributed by atoms with van der Waals surface area (Å²) in [5.74, 6) is -0.0221. The summed E-state index contributed by atoms with van der Waals surface area (Å²) in [4.78, 5) is 12.5. The van der Waals surface area contributed by atoms with Crippen LogP contribution < -0.4 is 11.1 Å². The number of rotatable bonds is 5. The van der Waals surface area contributed by atoms with Crippen molar-refractivity contribution >= 4 is 18.3 Å². The van der Waals surface area contributed by atoms with Gasteiger partial charge in [0.1, 0.15) is 0 Å². The van der Waals surface area contributed by atoms with Gasteiger partial charge in [0, 0.05) is 18.9 Å². The number of nitrogens with two attached hydrogens (primary N) is 1. The van der Waals surface area contributed by atoms with Crippen LogP contribution in [0.25, 0.3) is 0 Å². The Bertz CT molecular complexity index is 651. The molecule has 2 aromatic rings. The summed E-state index contributed by atoms with van der Waals surface area (Å²) in [7, 11) is 0. The number of amides is 1. The van der Waals surface area contributed by atoms with Gasteiger partial charge >= 0.3 is 0 Å². The van der Waals surface area contributed by atoms with E-state index in [2.05, 4.69) is 16.5 Å². The van der Waals surface area contributed by atoms with Gasteiger partial charge in [0.15, 0.2) is 0 Å². The first-order chi connectivity index (χ1) is 11.2. The van der Waals surface area contributed by atoms with E-state index in [1.54, 1.807) is 6.20 Å². The number of carbonyl (C=O) groups excluding carboxylic acids is 1. The molecule has 0 bridgehead atoms. The summed E-state index contributed by atoms with van der Waals surface area (Å²) in [6.45, 7) is 1.21. The average molecular weight is 349 g/mol. The minimum Gasteiger partial charge on any atom is -0.350 e. The lowest BCUT2D eigenvalue weighted by atomic mass is 9.82. The molecule has 130 valence electrons. The molecule has 0 saturated heterocycles. The van der Waals surface area contributed by atoms with Gasteiger partial charge in [0.05, 0.1) is 12.1 Å². The zero-order valence-corrected chi connectivity index (χ0v) is 14.6. The number of hydrogen-bond donors (Lipinski definition) is 2. The second-order valence-corrected chi connectivity index (χ2v) is 6.37. The molecule has 1 aliphatic rings. The fraction of sp³-hybridized carbons (Fsp3) is 0.444. The number of aromatic nitrogens is 2. The SMILES string of the molecule is Cl.NC1(C(=O)NCc2ccccc2Cn2cccn2)CCCCC1. The quantitative estimate of drug-likeness (QED) is 0.872. The standard InChI is InChI=1S/C18H24N4O.ClH/c19-18(9-4-1-5-10-18)17(23)20-13-15-7-2-3-8-16(15)14-22-12-6-11-21-22;/h2-3,6-8,11-12H,1,4-5,9-10,13-14,19H2,(H,20,23);1H. The fourth-order valence-corrected chi connectivity index (χ4v) is 3.21. The lowest BCUT2D eigenvalue weighted by molar-refractivity contribution is -0.127. The average Bonchev–Trinajstić information content (AvgIpc) is 3.07. The van der Waals surface area contributed by atoms with Crippen molar-refractivity contribution in [1.82, 2.24) is 15.1 Å². The van der Waals surface area contributed by atoms with Gasteiger partial charge in [-0.3, -0.25) is 9.48 Å². The van der Waals surface area contributed by atoms with Crippen LogP contribution in [0.1, 0.15) is 43.2 Å². The van der Waals surface area contributed by atoms with E-state index >= 15 is 0 Å². The van der Waals surface area contributed by atoms with Crippen molar-refractivity contribution in [2.24, 2.45) is 5.73 Å². The summed E-state index contributed by atoms with van der Waals surface area (Å²) in [6, 6.07) is 10.0. The third kappa shape index (κ3) is 4.36. The van der Waals surface area contributed by atoms with Crippen molar-refractivity contribution in [3.05, 3.63) is 53.9 Å². The molecule has 1 fully saturated rings. The highest BCUT2D eigenvalue weighted by atomic mass is 35.5. The number of halogens is 1. The Balaban J connectivity index is 0.00000208. The van der Waals surface area contributed by atoms with E-state index in [4.69, 9.17) is 5.73 Å². The molecular formula is C18H25ClN4O. The van der Waals surface area contributed by atoms with Crippen LogP contribution in [-0.4, -0.2) is 21.2 Å². The molecule has 1 amide bonds. The van der Waals surface area contributed by atoms with Gasteiger partial charge < -0.3 is 11.1 Å². The van der Waals surface area contributed by atoms with Crippen LogP contribution >= 0.6 is 12.4 Å². The Morgan fingerprint density at radius 2 is 1.88 bits per heavy atom. The van der Waals surface area contributed by atoms with Crippen molar-refractivity contribution in [3.63, 3.8) is 0 Å². The van der Waals surface area contributed by atoms with E-state index in [9.17, 15) is 4.79 Å². The zero-order valence-electron chi connectivity index (χ0n) is 13.8. The fourth-order valence-electron chi connectivity index (χ4n) is 3.21. The van der Waals surface area contributed by atoms with Crippen LogP contribution in [-0.2, 0) is 17.9 Å². The van der Waals surface area contributed by atoms with Crippen molar-refractivity contribution < 1.29 is 4.79 Å². The maximum Gasteiger partial charge on any atom is 0.240 e. The second-order valence-electron chi connectivity index (χ2n) is 6.37. The zero-order chi connectivity index (χ0) is 16.1. The van der Waals surface area contributed by atoms with Crippen molar-refractivity contribution in [2.45, 2.75) is 50.7 Å². The Hall–Kier alpha value is -1.85. The minimum atomic E-state index is -0.685. The predicted molar refractivity (Wildman–Crippen MR) is 96.9 cm³/mol. The summed E-state index contributed by atoms with van der Waals surface area (Å²) >= 11 is 0. The van der Waals surface area contributed by atoms with Gasteiger partial charge in [-0.05, 0) is 30.0 Å². The summed E-state index contributed by atoms with van der Waals surface area (Å²) in [5, 5.41) is 7.28. The smallest absolute Gasteiger partial charge is 0.240 e. The molecule has 1 aromatic heterocycles. The van der Waals surface area contributed by atoms with Gasteiger partial charge in [-0.25, -0.2) is 0 Å². The van der Waals surface area contributed by atoms with Crippen LogP contribution in [0.2, 0.25) is 0 Å². The Morgan fingerprint density at radius 3 is 2.54 bits per heavy atom. The largest absolute Gasteiger partial charge is 0.350 e. The Morgan fingerprint density at radius 1 is 1.17 bits per heavy atom. The highest BCUT2D eigenvalue weighted by molar-refractivity contribution is 5.86. The van der Waals surface area contributed by atoms with Crippen LogP contribution in [0.4, 0.5) is 0 Å². The molecule has 0 aliphatic heterocycles. The monoisotopic (exact) mass is 348 g/mol. The normalized spacial score (nSPS) is 16.2. The highest BCUT2D eigenvalue weighted by Crippen LogP contribution is 2.26. The van der Waals surface area contributed by atoms with Gasteiger partial charge in [-0.1, -0.05) is 43.5 Å². The summed E-state index contributed by atoms with van der Waals surface area (Å²) < 4.78 is 1.88. The molecule has 5 nitrogen and oxygen atoms in total. The van der Waals surface area contributed by atoms with Gasteiger partial charge in [0.25, 0.3) is 0 Å². The van der Waals surface area contributed by atoms with Crippen molar-refractivity contribution in [2.75, 3.05) is 0 Å². The van der Waals surface area contributed by atoms with Gasteiger partial charge in [-0.15, -0.1) is 12.4 Å². The Kier molecular flexibility index (Phi) is 6.40. The second kappa shape index (κ2) is 8.31. The van der Waals surface area contributed by atoms with E-state index in [1.807, 2.05) is 35.1 Å². The molecule has 3 N–H and O–H groups in total. The summed E-state index contributed by atoms with van der Waals surface area (Å²) in [5.41, 5.74) is 7.87. The molecule has 6 heteroatoms. The van der Waals surface area contributed by atoms with E-state index in [0.717, 1.165) is 36.8 Å². The molecule has 0 atom stereocenters. The lowest BCUT2D eigenvalue weighted by Crippen LogP contribution is -2.54. The van der Waals surface area contributed by atoms with Gasteiger partial charge in [-0.2, -0.15) is 5.10 Å². The van der Waals surface area contributed by atoms with Crippen LogP contribution in [0.5, 0.6) is 0 Å². The molecular weight excluding hydrogens is 324 g/mol. The molecule has 1 heterocycles. The molecule has 0 radical (unpaired) electrons. The first-order valence-corrected chi connectivity index (χ1v) is 8.29. The number of benzene rings is 1. The number of nitrogens with one attached hydrogen (secondary N) is 1. The van der Waals surface area contributed by atoms with E-state index in [1.165, 1.54) is 6.42 Å².